The number of rotatable bonds is 20. The first-order valence-electron chi connectivity index (χ1n) is 16.6. The fourth-order valence-electron chi connectivity index (χ4n) is 6.46. The number of nitrogens with zero attached hydrogens (tertiary/aromatic N) is 3. The van der Waals surface area contributed by atoms with Crippen LogP contribution in [0.2, 0.25) is 0 Å². The molecule has 0 radical (unpaired) electrons. The third-order valence-electron chi connectivity index (χ3n) is 8.92. The van der Waals surface area contributed by atoms with Crippen LogP contribution in [-0.2, 0) is 38.2 Å². The summed E-state index contributed by atoms with van der Waals surface area (Å²) in [5, 5.41) is 0. The summed E-state index contributed by atoms with van der Waals surface area (Å²) in [5.41, 5.74) is 0. The largest absolute Gasteiger partial charge is 0.463 e. The minimum absolute atomic E-state index is 0.0310. The Labute approximate surface area is 271 Å². The standard InChI is InChI=1S/C34H61N3O8/c1-23(30(38)35(5)6)19-26(4)33(41)44-17-15-43-16-18-45-34(42)29(21-25(3)32(40)37(9)10)22-28(27-13-11-12-14-27)20-24(2)31(39)36(7)8/h23-29H,11-22H2,1-10H3. The molecule has 0 aliphatic heterocycles. The van der Waals surface area contributed by atoms with Crippen molar-refractivity contribution in [3.05, 3.63) is 0 Å². The van der Waals surface area contributed by atoms with E-state index in [2.05, 4.69) is 0 Å². The van der Waals surface area contributed by atoms with Gasteiger partial charge in [-0.25, -0.2) is 0 Å². The van der Waals surface area contributed by atoms with E-state index < -0.39 is 11.8 Å². The van der Waals surface area contributed by atoms with Crippen LogP contribution in [0.4, 0.5) is 0 Å². The summed E-state index contributed by atoms with van der Waals surface area (Å²) >= 11 is 0. The van der Waals surface area contributed by atoms with Crippen molar-refractivity contribution in [1.82, 2.24) is 14.7 Å². The number of hydrogen-bond donors (Lipinski definition) is 0. The van der Waals surface area contributed by atoms with Crippen molar-refractivity contribution in [2.45, 2.75) is 79.1 Å². The van der Waals surface area contributed by atoms with E-state index in [4.69, 9.17) is 14.2 Å². The van der Waals surface area contributed by atoms with Crippen LogP contribution < -0.4 is 0 Å². The highest BCUT2D eigenvalue weighted by Crippen LogP contribution is 2.39. The molecule has 3 amide bonds. The maximum Gasteiger partial charge on any atom is 0.309 e. The van der Waals surface area contributed by atoms with Gasteiger partial charge in [-0.3, -0.25) is 24.0 Å². The van der Waals surface area contributed by atoms with E-state index in [1.807, 2.05) is 13.8 Å². The van der Waals surface area contributed by atoms with Crippen LogP contribution in [0.15, 0.2) is 0 Å². The Bertz CT molecular complexity index is 948. The number of esters is 2. The summed E-state index contributed by atoms with van der Waals surface area (Å²) in [6.45, 7) is 7.74. The maximum atomic E-state index is 13.4. The van der Waals surface area contributed by atoms with Crippen molar-refractivity contribution in [3.8, 4) is 0 Å². The van der Waals surface area contributed by atoms with E-state index in [1.165, 1.54) is 4.90 Å². The summed E-state index contributed by atoms with van der Waals surface area (Å²) in [6.07, 6.45) is 6.55. The number of hydrogen-bond acceptors (Lipinski definition) is 8. The molecule has 1 rings (SSSR count). The highest BCUT2D eigenvalue weighted by Gasteiger charge is 2.35. The zero-order chi connectivity index (χ0) is 34.3. The van der Waals surface area contributed by atoms with Gasteiger partial charge in [0, 0.05) is 60.0 Å². The Morgan fingerprint density at radius 3 is 1.44 bits per heavy atom. The van der Waals surface area contributed by atoms with E-state index >= 15 is 0 Å². The smallest absolute Gasteiger partial charge is 0.309 e. The van der Waals surface area contributed by atoms with Crippen molar-refractivity contribution >= 4 is 29.7 Å². The highest BCUT2D eigenvalue weighted by molar-refractivity contribution is 5.80. The van der Waals surface area contributed by atoms with Gasteiger partial charge in [0.15, 0.2) is 0 Å². The van der Waals surface area contributed by atoms with Crippen LogP contribution in [0.5, 0.6) is 0 Å². The van der Waals surface area contributed by atoms with Crippen molar-refractivity contribution in [2.24, 2.45) is 41.4 Å². The lowest BCUT2D eigenvalue weighted by molar-refractivity contribution is -0.152. The average Bonchev–Trinajstić information content (AvgIpc) is 3.52. The molecule has 0 bridgehead atoms. The zero-order valence-electron chi connectivity index (χ0n) is 29.6. The van der Waals surface area contributed by atoms with Crippen LogP contribution in [0, 0.1) is 41.4 Å². The van der Waals surface area contributed by atoms with Gasteiger partial charge in [0.05, 0.1) is 25.0 Å². The maximum absolute atomic E-state index is 13.4. The lowest BCUT2D eigenvalue weighted by Crippen LogP contribution is -2.34. The molecule has 0 aromatic rings. The molecular formula is C34H61N3O8. The van der Waals surface area contributed by atoms with Gasteiger partial charge in [-0.2, -0.15) is 0 Å². The second-order valence-electron chi connectivity index (χ2n) is 13.7. The van der Waals surface area contributed by atoms with Gasteiger partial charge in [-0.05, 0) is 37.5 Å². The van der Waals surface area contributed by atoms with Crippen molar-refractivity contribution < 1.29 is 38.2 Å². The molecule has 45 heavy (non-hydrogen) atoms. The molecule has 1 saturated carbocycles. The third-order valence-corrected chi connectivity index (χ3v) is 8.92. The molecule has 11 heteroatoms. The first-order valence-corrected chi connectivity index (χ1v) is 16.6. The fraction of sp³-hybridized carbons (Fsp3) is 0.853. The molecule has 6 atom stereocenters. The minimum Gasteiger partial charge on any atom is -0.463 e. The van der Waals surface area contributed by atoms with E-state index in [0.717, 1.165) is 25.7 Å². The van der Waals surface area contributed by atoms with Crippen LogP contribution in [-0.4, -0.2) is 113 Å². The van der Waals surface area contributed by atoms with Crippen molar-refractivity contribution in [3.63, 3.8) is 0 Å². The first kappa shape index (κ1) is 40.3. The summed E-state index contributed by atoms with van der Waals surface area (Å²) in [7, 11) is 10.3. The molecule has 0 N–H and O–H groups in total. The SMILES string of the molecule is CC(CC(C)C(=O)N(C)C)C(=O)OCCOCCOC(=O)C(CC(C)C(=O)N(C)C)CC(CC(C)C(=O)N(C)C)C1CCCC1. The second-order valence-corrected chi connectivity index (χ2v) is 13.7. The number of amides is 3. The summed E-state index contributed by atoms with van der Waals surface area (Å²) < 4.78 is 16.5. The van der Waals surface area contributed by atoms with Gasteiger partial charge in [0.2, 0.25) is 17.7 Å². The van der Waals surface area contributed by atoms with Gasteiger partial charge in [0.25, 0.3) is 0 Å². The van der Waals surface area contributed by atoms with Crippen LogP contribution in [0.25, 0.3) is 0 Å². The molecule has 6 unspecified atom stereocenters. The molecule has 11 nitrogen and oxygen atoms in total. The van der Waals surface area contributed by atoms with Gasteiger partial charge < -0.3 is 28.9 Å². The molecule has 0 saturated heterocycles. The third kappa shape index (κ3) is 14.5. The minimum atomic E-state index is -0.472. The molecule has 1 aliphatic carbocycles. The molecule has 1 fully saturated rings. The highest BCUT2D eigenvalue weighted by atomic mass is 16.6. The van der Waals surface area contributed by atoms with Crippen molar-refractivity contribution in [1.29, 1.82) is 0 Å². The normalized spacial score (nSPS) is 17.4. The van der Waals surface area contributed by atoms with Gasteiger partial charge in [-0.1, -0.05) is 53.4 Å². The Morgan fingerprint density at radius 2 is 0.978 bits per heavy atom. The Kier molecular flexibility index (Phi) is 18.3. The summed E-state index contributed by atoms with van der Waals surface area (Å²) in [6, 6.07) is 0. The second kappa shape index (κ2) is 20.4. The zero-order valence-corrected chi connectivity index (χ0v) is 29.6. The lowest BCUT2D eigenvalue weighted by atomic mass is 9.76. The molecule has 0 aromatic heterocycles. The fourth-order valence-corrected chi connectivity index (χ4v) is 6.46. The summed E-state index contributed by atoms with van der Waals surface area (Å²) in [5.74, 6) is -1.76. The number of ether oxygens (including phenoxy) is 3. The predicted octanol–water partition coefficient (Wildman–Crippen LogP) is 3.88. The molecule has 0 spiro atoms. The van der Waals surface area contributed by atoms with E-state index in [-0.39, 0.29) is 79.8 Å². The van der Waals surface area contributed by atoms with E-state index in [1.54, 1.807) is 65.9 Å². The molecule has 1 aliphatic rings. The molecule has 260 valence electrons. The van der Waals surface area contributed by atoms with Crippen molar-refractivity contribution in [2.75, 3.05) is 68.7 Å². The molecule has 0 heterocycles. The Balaban J connectivity index is 2.70. The predicted molar refractivity (Wildman–Crippen MR) is 173 cm³/mol. The van der Waals surface area contributed by atoms with Gasteiger partial charge in [0.1, 0.15) is 13.2 Å². The van der Waals surface area contributed by atoms with Crippen LogP contribution in [0.3, 0.4) is 0 Å². The number of carbonyl (C=O) groups excluding carboxylic acids is 5. The van der Waals surface area contributed by atoms with Gasteiger partial charge >= 0.3 is 11.9 Å². The average molecular weight is 640 g/mol. The quantitative estimate of drug-likeness (QED) is 0.145. The van der Waals surface area contributed by atoms with E-state index in [0.29, 0.717) is 31.6 Å². The van der Waals surface area contributed by atoms with Gasteiger partial charge in [-0.15, -0.1) is 0 Å². The first-order chi connectivity index (χ1) is 21.1. The van der Waals surface area contributed by atoms with Crippen LogP contribution in [0.1, 0.15) is 79.1 Å². The number of carbonyl (C=O) groups is 5. The molecular weight excluding hydrogens is 578 g/mol. The lowest BCUT2D eigenvalue weighted by Gasteiger charge is -2.31. The summed E-state index contributed by atoms with van der Waals surface area (Å²) in [4.78, 5) is 67.8. The molecule has 0 aromatic carbocycles. The van der Waals surface area contributed by atoms with Crippen LogP contribution >= 0.6 is 0 Å². The van der Waals surface area contributed by atoms with E-state index in [9.17, 15) is 24.0 Å². The Morgan fingerprint density at radius 1 is 0.556 bits per heavy atom. The monoisotopic (exact) mass is 639 g/mol. The topological polar surface area (TPSA) is 123 Å². The Hall–Kier alpha value is -2.69.